The van der Waals surface area contributed by atoms with Crippen molar-refractivity contribution in [2.75, 3.05) is 23.3 Å². The number of hydrogen-bond acceptors (Lipinski definition) is 6. The topological polar surface area (TPSA) is 61.6 Å². The fourth-order valence-electron chi connectivity index (χ4n) is 5.71. The van der Waals surface area contributed by atoms with Crippen LogP contribution in [0.3, 0.4) is 0 Å². The van der Waals surface area contributed by atoms with Gasteiger partial charge in [-0.25, -0.2) is 15.0 Å². The van der Waals surface area contributed by atoms with Crippen molar-refractivity contribution in [3.8, 4) is 11.3 Å². The van der Waals surface area contributed by atoms with Gasteiger partial charge in [-0.3, -0.25) is 9.30 Å². The van der Waals surface area contributed by atoms with E-state index >= 15 is 0 Å². The van der Waals surface area contributed by atoms with E-state index in [-0.39, 0.29) is 11.6 Å². The highest BCUT2D eigenvalue weighted by Gasteiger charge is 2.47. The van der Waals surface area contributed by atoms with Gasteiger partial charge in [0.15, 0.2) is 0 Å². The highest BCUT2D eigenvalue weighted by atomic mass is 15.4. The summed E-state index contributed by atoms with van der Waals surface area (Å²) in [4.78, 5) is 19.5. The molecule has 0 radical (unpaired) electrons. The lowest BCUT2D eigenvalue weighted by Crippen LogP contribution is -2.54. The Kier molecular flexibility index (Phi) is 5.25. The minimum absolute atomic E-state index is 0.156. The van der Waals surface area contributed by atoms with Crippen LogP contribution in [0.4, 0.5) is 11.8 Å². The number of nitrogens with zero attached hydrogens (tertiary/aromatic N) is 6. The monoisotopic (exact) mass is 467 g/mol. The van der Waals surface area contributed by atoms with Crippen molar-refractivity contribution in [1.82, 2.24) is 24.3 Å². The van der Waals surface area contributed by atoms with Gasteiger partial charge in [0, 0.05) is 67.0 Å². The summed E-state index contributed by atoms with van der Waals surface area (Å²) in [5.74, 6) is 1.83. The highest BCUT2D eigenvalue weighted by Crippen LogP contribution is 2.38. The van der Waals surface area contributed by atoms with Crippen molar-refractivity contribution >= 4 is 17.4 Å². The van der Waals surface area contributed by atoms with Crippen LogP contribution >= 0.6 is 0 Å². The number of anilines is 2. The van der Waals surface area contributed by atoms with Gasteiger partial charge in [-0.05, 0) is 51.8 Å². The minimum atomic E-state index is 0.156. The molecule has 6 rings (SSSR count). The van der Waals surface area contributed by atoms with Crippen molar-refractivity contribution in [3.05, 3.63) is 72.7 Å². The zero-order valence-corrected chi connectivity index (χ0v) is 20.9. The number of hydrogen-bond donors (Lipinski definition) is 1. The first-order chi connectivity index (χ1) is 16.9. The van der Waals surface area contributed by atoms with Gasteiger partial charge >= 0.3 is 0 Å². The van der Waals surface area contributed by atoms with Crippen LogP contribution in [-0.4, -0.2) is 55.0 Å². The maximum absolute atomic E-state index is 5.18. The first-order valence-corrected chi connectivity index (χ1v) is 12.5. The van der Waals surface area contributed by atoms with Gasteiger partial charge in [-0.15, -0.1) is 0 Å². The molecule has 0 unspecified atom stereocenters. The summed E-state index contributed by atoms with van der Waals surface area (Å²) in [6.45, 7) is 11.2. The lowest BCUT2D eigenvalue weighted by molar-refractivity contribution is 0.112. The molecular formula is C28H33N7. The number of aromatic nitrogens is 4. The molecule has 0 amide bonds. The molecule has 7 heteroatoms. The summed E-state index contributed by atoms with van der Waals surface area (Å²) in [7, 11) is 0. The largest absolute Gasteiger partial charge is 0.364 e. The Balaban J connectivity index is 1.31. The number of imidazole rings is 1. The molecule has 1 aromatic carbocycles. The number of rotatable bonds is 5. The second-order valence-corrected chi connectivity index (χ2v) is 10.8. The summed E-state index contributed by atoms with van der Waals surface area (Å²) >= 11 is 0. The quantitative estimate of drug-likeness (QED) is 0.444. The summed E-state index contributed by atoms with van der Waals surface area (Å²) in [5.41, 5.74) is 4.31. The molecule has 2 fully saturated rings. The van der Waals surface area contributed by atoms with E-state index in [0.29, 0.717) is 12.1 Å². The number of nitrogens with one attached hydrogen (secondary N) is 1. The smallest absolute Gasteiger partial charge is 0.212 e. The minimum Gasteiger partial charge on any atom is -0.364 e. The number of benzene rings is 1. The van der Waals surface area contributed by atoms with E-state index in [2.05, 4.69) is 93.6 Å². The molecule has 2 aliphatic rings. The molecule has 2 bridgehead atoms. The van der Waals surface area contributed by atoms with Crippen LogP contribution in [0.25, 0.3) is 16.9 Å². The van der Waals surface area contributed by atoms with Gasteiger partial charge in [-0.1, -0.05) is 30.3 Å². The van der Waals surface area contributed by atoms with Crippen molar-refractivity contribution in [3.63, 3.8) is 0 Å². The molecule has 0 saturated carbocycles. The van der Waals surface area contributed by atoms with E-state index in [0.717, 1.165) is 41.8 Å². The molecule has 35 heavy (non-hydrogen) atoms. The predicted octanol–water partition coefficient (Wildman–Crippen LogP) is 5.03. The molecule has 3 atom stereocenters. The number of pyridine rings is 1. The van der Waals surface area contributed by atoms with Crippen LogP contribution in [0, 0.1) is 0 Å². The number of likely N-dealkylation sites (tertiary alicyclic amines) is 1. The summed E-state index contributed by atoms with van der Waals surface area (Å²) in [5, 5.41) is 3.54. The third-order valence-electron chi connectivity index (χ3n) is 7.45. The molecule has 0 aliphatic carbocycles. The van der Waals surface area contributed by atoms with Crippen LogP contribution in [0.5, 0.6) is 0 Å². The molecule has 180 valence electrons. The molecule has 0 spiro atoms. The zero-order valence-electron chi connectivity index (χ0n) is 20.9. The molecule has 7 nitrogen and oxygen atoms in total. The Hall–Kier alpha value is -3.45. The van der Waals surface area contributed by atoms with Gasteiger partial charge in [0.1, 0.15) is 11.5 Å². The third kappa shape index (κ3) is 4.04. The molecular weight excluding hydrogens is 434 g/mol. The predicted molar refractivity (Wildman–Crippen MR) is 141 cm³/mol. The number of piperazine rings is 1. The molecule has 2 saturated heterocycles. The van der Waals surface area contributed by atoms with Crippen LogP contribution in [-0.2, 0) is 0 Å². The zero-order chi connectivity index (χ0) is 24.2. The van der Waals surface area contributed by atoms with Crippen LogP contribution < -0.4 is 10.2 Å². The van der Waals surface area contributed by atoms with Gasteiger partial charge in [0.05, 0.1) is 5.69 Å². The van der Waals surface area contributed by atoms with Gasteiger partial charge < -0.3 is 10.2 Å². The van der Waals surface area contributed by atoms with Gasteiger partial charge in [-0.2, -0.15) is 0 Å². The van der Waals surface area contributed by atoms with E-state index in [4.69, 9.17) is 4.98 Å². The van der Waals surface area contributed by atoms with E-state index < -0.39 is 0 Å². The Morgan fingerprint density at radius 2 is 1.80 bits per heavy atom. The Morgan fingerprint density at radius 3 is 2.54 bits per heavy atom. The molecule has 1 N–H and O–H groups in total. The van der Waals surface area contributed by atoms with Crippen LogP contribution in [0.1, 0.15) is 45.7 Å². The SMILES string of the molecule is C[C@H](Nc1cc(-c2cc3nccn3c(N3C[C@H]4C[C@@H]3CN4C(C)(C)C)n2)ccn1)c1ccccc1. The van der Waals surface area contributed by atoms with Crippen molar-refractivity contribution in [2.45, 2.75) is 57.8 Å². The first-order valence-electron chi connectivity index (χ1n) is 12.5. The molecule has 5 heterocycles. The van der Waals surface area contributed by atoms with Crippen molar-refractivity contribution in [1.29, 1.82) is 0 Å². The molecule has 3 aromatic heterocycles. The fraction of sp³-hybridized carbons (Fsp3) is 0.393. The lowest BCUT2D eigenvalue weighted by atomic mass is 10.0. The lowest BCUT2D eigenvalue weighted by Gasteiger charge is -2.42. The van der Waals surface area contributed by atoms with E-state index in [1.54, 1.807) is 0 Å². The maximum atomic E-state index is 5.18. The first kappa shape index (κ1) is 22.0. The normalized spacial score (nSPS) is 21.1. The summed E-state index contributed by atoms with van der Waals surface area (Å²) < 4.78 is 2.13. The Bertz CT molecular complexity index is 1340. The Labute approximate surface area is 206 Å². The van der Waals surface area contributed by atoms with Crippen molar-refractivity contribution in [2.24, 2.45) is 0 Å². The number of fused-ring (bicyclic) bond motifs is 3. The highest BCUT2D eigenvalue weighted by molar-refractivity contribution is 5.68. The van der Waals surface area contributed by atoms with Crippen LogP contribution in [0.2, 0.25) is 0 Å². The third-order valence-corrected chi connectivity index (χ3v) is 7.45. The Morgan fingerprint density at radius 1 is 0.971 bits per heavy atom. The van der Waals surface area contributed by atoms with Crippen LogP contribution in [0.15, 0.2) is 67.1 Å². The van der Waals surface area contributed by atoms with E-state index in [1.807, 2.05) is 30.7 Å². The fourth-order valence-corrected chi connectivity index (χ4v) is 5.71. The molecule has 2 aliphatic heterocycles. The summed E-state index contributed by atoms with van der Waals surface area (Å²) in [6.07, 6.45) is 6.93. The van der Waals surface area contributed by atoms with Gasteiger partial charge in [0.2, 0.25) is 5.95 Å². The maximum Gasteiger partial charge on any atom is 0.212 e. The standard InChI is InChI=1S/C28H33N7/c1-19(20-8-6-5-7-9-20)31-25-14-21(10-11-29-25)24-16-26-30-12-13-33(26)27(32-24)34-17-23-15-22(34)18-35(23)28(2,3)4/h5-14,16,19,22-23H,15,17-18H2,1-4H3,(H,29,31)/t19-,22+,23+/m0/s1. The average molecular weight is 468 g/mol. The second kappa shape index (κ2) is 8.34. The summed E-state index contributed by atoms with van der Waals surface area (Å²) in [6, 6.07) is 17.8. The van der Waals surface area contributed by atoms with Gasteiger partial charge in [0.25, 0.3) is 0 Å². The van der Waals surface area contributed by atoms with E-state index in [1.165, 1.54) is 12.0 Å². The average Bonchev–Trinajstić information content (AvgIpc) is 3.59. The van der Waals surface area contributed by atoms with E-state index in [9.17, 15) is 0 Å². The second-order valence-electron chi connectivity index (χ2n) is 10.8. The molecule has 4 aromatic rings. The van der Waals surface area contributed by atoms with Crippen molar-refractivity contribution < 1.29 is 0 Å².